The monoisotopic (exact) mass is 282 g/mol. The van der Waals surface area contributed by atoms with Crippen molar-refractivity contribution in [3.8, 4) is 0 Å². The van der Waals surface area contributed by atoms with Gasteiger partial charge in [-0.1, -0.05) is 26.2 Å². The molecule has 0 aromatic carbocycles. The molecule has 3 unspecified atom stereocenters. The highest BCUT2D eigenvalue weighted by atomic mass is 16.5. The lowest BCUT2D eigenvalue weighted by atomic mass is 9.81. The van der Waals surface area contributed by atoms with Crippen molar-refractivity contribution in [1.29, 1.82) is 0 Å². The van der Waals surface area contributed by atoms with Gasteiger partial charge in [0.15, 0.2) is 0 Å². The Morgan fingerprint density at radius 3 is 2.80 bits per heavy atom. The smallest absolute Gasteiger partial charge is 0.239 e. The van der Waals surface area contributed by atoms with E-state index in [1.165, 1.54) is 32.1 Å². The van der Waals surface area contributed by atoms with Crippen molar-refractivity contribution < 1.29 is 9.53 Å². The zero-order valence-corrected chi connectivity index (χ0v) is 13.1. The van der Waals surface area contributed by atoms with Gasteiger partial charge in [0, 0.05) is 13.1 Å². The summed E-state index contributed by atoms with van der Waals surface area (Å²) in [5.74, 6) is 1.98. The summed E-state index contributed by atoms with van der Waals surface area (Å²) >= 11 is 0. The average Bonchev–Trinajstić information content (AvgIpc) is 2.47. The number of carbonyl (C=O) groups excluding carboxylic acids is 1. The fourth-order valence-corrected chi connectivity index (χ4v) is 3.47. The molecule has 2 fully saturated rings. The van der Waals surface area contributed by atoms with Gasteiger partial charge in [0.2, 0.25) is 5.91 Å². The van der Waals surface area contributed by atoms with Crippen LogP contribution in [0.4, 0.5) is 0 Å². The molecule has 0 aromatic rings. The molecule has 1 heterocycles. The molecule has 1 aliphatic carbocycles. The van der Waals surface area contributed by atoms with E-state index in [1.807, 2.05) is 11.8 Å². The van der Waals surface area contributed by atoms with E-state index >= 15 is 0 Å². The molecule has 4 nitrogen and oxygen atoms in total. The quantitative estimate of drug-likeness (QED) is 0.839. The van der Waals surface area contributed by atoms with Crippen LogP contribution in [0.3, 0.4) is 0 Å². The molecule has 1 amide bonds. The number of morpholine rings is 1. The summed E-state index contributed by atoms with van der Waals surface area (Å²) in [6.07, 6.45) is 6.74. The highest BCUT2D eigenvalue weighted by Crippen LogP contribution is 2.30. The van der Waals surface area contributed by atoms with E-state index in [0.29, 0.717) is 13.2 Å². The Labute approximate surface area is 123 Å². The van der Waals surface area contributed by atoms with Crippen molar-refractivity contribution in [3.05, 3.63) is 0 Å². The molecule has 0 spiro atoms. The summed E-state index contributed by atoms with van der Waals surface area (Å²) < 4.78 is 5.29. The van der Waals surface area contributed by atoms with E-state index in [-0.39, 0.29) is 11.9 Å². The largest absolute Gasteiger partial charge is 0.378 e. The van der Waals surface area contributed by atoms with Gasteiger partial charge in [-0.2, -0.15) is 0 Å². The molecule has 0 radical (unpaired) electrons. The standard InChI is InChI=1S/C16H30N2O2/c1-13-4-3-5-15(12-13)6-7-17-14(2)16(19)18-8-10-20-11-9-18/h13-15,17H,3-12H2,1-2H3. The molecule has 1 aliphatic heterocycles. The molecule has 20 heavy (non-hydrogen) atoms. The lowest BCUT2D eigenvalue weighted by Crippen LogP contribution is -2.49. The molecule has 1 saturated heterocycles. The van der Waals surface area contributed by atoms with Gasteiger partial charge in [-0.15, -0.1) is 0 Å². The second-order valence-electron chi connectivity index (χ2n) is 6.54. The van der Waals surface area contributed by atoms with E-state index in [4.69, 9.17) is 4.74 Å². The van der Waals surface area contributed by atoms with Gasteiger partial charge in [-0.05, 0) is 38.1 Å². The Morgan fingerprint density at radius 2 is 2.10 bits per heavy atom. The number of hydrogen-bond acceptors (Lipinski definition) is 3. The van der Waals surface area contributed by atoms with Gasteiger partial charge in [0.05, 0.1) is 19.3 Å². The summed E-state index contributed by atoms with van der Waals surface area (Å²) in [5.41, 5.74) is 0. The van der Waals surface area contributed by atoms with E-state index in [9.17, 15) is 4.79 Å². The van der Waals surface area contributed by atoms with E-state index in [0.717, 1.165) is 31.5 Å². The first-order valence-corrected chi connectivity index (χ1v) is 8.26. The van der Waals surface area contributed by atoms with Crippen LogP contribution >= 0.6 is 0 Å². The molecule has 116 valence electrons. The molecule has 0 aromatic heterocycles. The van der Waals surface area contributed by atoms with Crippen LogP contribution in [0.5, 0.6) is 0 Å². The van der Waals surface area contributed by atoms with Crippen molar-refractivity contribution in [3.63, 3.8) is 0 Å². The van der Waals surface area contributed by atoms with Gasteiger partial charge in [-0.25, -0.2) is 0 Å². The SMILES string of the molecule is CC1CCCC(CCNC(C)C(=O)N2CCOCC2)C1. The molecule has 4 heteroatoms. The zero-order valence-electron chi connectivity index (χ0n) is 13.1. The lowest BCUT2D eigenvalue weighted by Gasteiger charge is -2.30. The Morgan fingerprint density at radius 1 is 1.35 bits per heavy atom. The van der Waals surface area contributed by atoms with Gasteiger partial charge in [0.25, 0.3) is 0 Å². The molecular formula is C16H30N2O2. The fourth-order valence-electron chi connectivity index (χ4n) is 3.47. The van der Waals surface area contributed by atoms with Gasteiger partial charge in [-0.3, -0.25) is 4.79 Å². The molecule has 2 aliphatic rings. The fraction of sp³-hybridized carbons (Fsp3) is 0.938. The number of amides is 1. The third-order valence-electron chi connectivity index (χ3n) is 4.74. The molecular weight excluding hydrogens is 252 g/mol. The topological polar surface area (TPSA) is 41.6 Å². The normalized spacial score (nSPS) is 29.2. The first-order chi connectivity index (χ1) is 9.66. The van der Waals surface area contributed by atoms with Crippen LogP contribution in [0.25, 0.3) is 0 Å². The number of ether oxygens (including phenoxy) is 1. The van der Waals surface area contributed by atoms with Gasteiger partial charge < -0.3 is 15.0 Å². The maximum absolute atomic E-state index is 12.2. The molecule has 2 rings (SSSR count). The van der Waals surface area contributed by atoms with Crippen LogP contribution < -0.4 is 5.32 Å². The Bertz CT molecular complexity index is 303. The second kappa shape index (κ2) is 7.99. The van der Waals surface area contributed by atoms with Crippen molar-refractivity contribution in [1.82, 2.24) is 10.2 Å². The Balaban J connectivity index is 1.63. The minimum absolute atomic E-state index is 0.0610. The van der Waals surface area contributed by atoms with Crippen LogP contribution in [0.15, 0.2) is 0 Å². The van der Waals surface area contributed by atoms with Crippen molar-refractivity contribution >= 4 is 5.91 Å². The third-order valence-corrected chi connectivity index (χ3v) is 4.74. The minimum atomic E-state index is -0.0610. The van der Waals surface area contributed by atoms with Crippen molar-refractivity contribution in [2.24, 2.45) is 11.8 Å². The van der Waals surface area contributed by atoms with Crippen LogP contribution in [-0.2, 0) is 9.53 Å². The van der Waals surface area contributed by atoms with Crippen LogP contribution in [0.2, 0.25) is 0 Å². The average molecular weight is 282 g/mol. The number of nitrogens with one attached hydrogen (secondary N) is 1. The number of rotatable bonds is 5. The highest BCUT2D eigenvalue weighted by molar-refractivity contribution is 5.81. The van der Waals surface area contributed by atoms with Gasteiger partial charge in [0.1, 0.15) is 0 Å². The predicted octanol–water partition coefficient (Wildman–Crippen LogP) is 2.04. The van der Waals surface area contributed by atoms with Crippen molar-refractivity contribution in [2.75, 3.05) is 32.8 Å². The van der Waals surface area contributed by atoms with Gasteiger partial charge >= 0.3 is 0 Å². The molecule has 1 saturated carbocycles. The summed E-state index contributed by atoms with van der Waals surface area (Å²) in [6.45, 7) is 8.16. The Hall–Kier alpha value is -0.610. The summed E-state index contributed by atoms with van der Waals surface area (Å²) in [4.78, 5) is 14.2. The maximum atomic E-state index is 12.2. The van der Waals surface area contributed by atoms with E-state index in [2.05, 4.69) is 12.2 Å². The number of nitrogens with zero attached hydrogens (tertiary/aromatic N) is 1. The molecule has 3 atom stereocenters. The van der Waals surface area contributed by atoms with Crippen molar-refractivity contribution in [2.45, 2.75) is 52.0 Å². The molecule has 1 N–H and O–H groups in total. The molecule has 0 bridgehead atoms. The van der Waals surface area contributed by atoms with Crippen LogP contribution in [-0.4, -0.2) is 49.7 Å². The number of carbonyl (C=O) groups is 1. The number of hydrogen-bond donors (Lipinski definition) is 1. The van der Waals surface area contributed by atoms with E-state index in [1.54, 1.807) is 0 Å². The van der Waals surface area contributed by atoms with Crippen LogP contribution in [0.1, 0.15) is 46.0 Å². The minimum Gasteiger partial charge on any atom is -0.378 e. The predicted molar refractivity (Wildman–Crippen MR) is 80.6 cm³/mol. The third kappa shape index (κ3) is 4.74. The lowest BCUT2D eigenvalue weighted by molar-refractivity contribution is -0.137. The van der Waals surface area contributed by atoms with E-state index < -0.39 is 0 Å². The zero-order chi connectivity index (χ0) is 14.4. The Kier molecular flexibility index (Phi) is 6.30. The highest BCUT2D eigenvalue weighted by Gasteiger charge is 2.23. The summed E-state index contributed by atoms with van der Waals surface area (Å²) in [6, 6.07) is -0.0610. The first-order valence-electron chi connectivity index (χ1n) is 8.26. The summed E-state index contributed by atoms with van der Waals surface area (Å²) in [5, 5.41) is 3.41. The second-order valence-corrected chi connectivity index (χ2v) is 6.54. The summed E-state index contributed by atoms with van der Waals surface area (Å²) in [7, 11) is 0. The maximum Gasteiger partial charge on any atom is 0.239 e. The first kappa shape index (κ1) is 15.8. The van der Waals surface area contributed by atoms with Crippen LogP contribution in [0, 0.1) is 11.8 Å².